The van der Waals surface area contributed by atoms with E-state index in [-0.39, 0.29) is 30.1 Å². The van der Waals surface area contributed by atoms with Gasteiger partial charge in [-0.15, -0.1) is 0 Å². The van der Waals surface area contributed by atoms with E-state index in [1.54, 1.807) is 48.5 Å². The molecule has 0 fully saturated rings. The minimum Gasteiger partial charge on any atom is -0.501 e. The molecule has 0 spiro atoms. The Labute approximate surface area is 123 Å². The highest BCUT2D eigenvalue weighted by atomic mass is 16.3. The highest BCUT2D eigenvalue weighted by molar-refractivity contribution is 5.96. The number of diazo groups is 1. The van der Waals surface area contributed by atoms with Crippen molar-refractivity contribution in [1.82, 2.24) is 0 Å². The van der Waals surface area contributed by atoms with Crippen LogP contribution >= 0.6 is 0 Å². The Balaban J connectivity index is 2.10. The van der Waals surface area contributed by atoms with E-state index in [2.05, 4.69) is 4.98 Å². The maximum atomic E-state index is 12.0. The molecule has 2 aromatic rings. The molecule has 4 nitrogen and oxygen atoms in total. The van der Waals surface area contributed by atoms with Gasteiger partial charge in [0.05, 0.1) is 6.42 Å². The Morgan fingerprint density at radius 1 is 0.905 bits per heavy atom. The third kappa shape index (κ3) is 3.77. The van der Waals surface area contributed by atoms with Gasteiger partial charge >= 0.3 is 5.70 Å². The van der Waals surface area contributed by atoms with Crippen LogP contribution < -0.4 is 0 Å². The molecule has 0 aliphatic carbocycles. The number of carbonyl (C=O) groups excluding carboxylic acids is 1. The van der Waals surface area contributed by atoms with Crippen LogP contribution in [0.15, 0.2) is 66.4 Å². The number of hydrogen-bond donors (Lipinski definition) is 1. The Kier molecular flexibility index (Phi) is 4.84. The van der Waals surface area contributed by atoms with Gasteiger partial charge in [0.2, 0.25) is 11.2 Å². The molecule has 0 heterocycles. The molecule has 2 rings (SSSR count). The third-order valence-electron chi connectivity index (χ3n) is 3.13. The van der Waals surface area contributed by atoms with E-state index >= 15 is 0 Å². The second kappa shape index (κ2) is 7.01. The van der Waals surface area contributed by atoms with Crippen LogP contribution in [0.4, 0.5) is 0 Å². The molecule has 0 aliphatic rings. The lowest BCUT2D eigenvalue weighted by Gasteiger charge is -1.99. The minimum atomic E-state index is -0.112. The molecule has 0 unspecified atom stereocenters. The van der Waals surface area contributed by atoms with Gasteiger partial charge in [-0.05, 0) is 0 Å². The lowest BCUT2D eigenvalue weighted by Crippen LogP contribution is -1.99. The molecule has 21 heavy (non-hydrogen) atoms. The van der Waals surface area contributed by atoms with Gasteiger partial charge in [-0.2, -0.15) is 0 Å². The van der Waals surface area contributed by atoms with Crippen molar-refractivity contribution in [1.29, 1.82) is 5.39 Å². The van der Waals surface area contributed by atoms with Gasteiger partial charge in [0.15, 0.2) is 10.8 Å². The monoisotopic (exact) mass is 279 g/mol. The fourth-order valence-electron chi connectivity index (χ4n) is 1.98. The van der Waals surface area contributed by atoms with Gasteiger partial charge in [-0.1, -0.05) is 60.7 Å². The normalized spacial score (nSPS) is 11.4. The first-order valence-corrected chi connectivity index (χ1v) is 6.63. The number of rotatable bonds is 5. The van der Waals surface area contributed by atoms with E-state index in [0.29, 0.717) is 11.1 Å². The summed E-state index contributed by atoms with van der Waals surface area (Å²) in [5.41, 5.74) is 1.26. The molecule has 0 saturated heterocycles. The van der Waals surface area contributed by atoms with Crippen molar-refractivity contribution in [2.24, 2.45) is 0 Å². The summed E-state index contributed by atoms with van der Waals surface area (Å²) in [4.78, 5) is 15.1. The minimum absolute atomic E-state index is 0.0578. The first-order valence-electron chi connectivity index (χ1n) is 6.63. The summed E-state index contributed by atoms with van der Waals surface area (Å²) < 4.78 is 0. The van der Waals surface area contributed by atoms with Crippen LogP contribution in [0.1, 0.15) is 28.8 Å². The van der Waals surface area contributed by atoms with Crippen molar-refractivity contribution in [3.63, 3.8) is 0 Å². The standard InChI is InChI=1S/C17H14N2O2/c18-19-15(17(21)14-9-5-2-6-10-14)11-12-16(20)13-7-3-1-4-8-13/h1-10H,11-12H2/p+1/b17-15+. The summed E-state index contributed by atoms with van der Waals surface area (Å²) in [6.07, 6.45) is 0.339. The number of carbonyl (C=O) groups is 1. The number of aliphatic hydroxyl groups is 1. The molecule has 0 amide bonds. The zero-order chi connectivity index (χ0) is 15.1. The molecule has 0 aliphatic heterocycles. The molecular weight excluding hydrogens is 264 g/mol. The van der Waals surface area contributed by atoms with Crippen molar-refractivity contribution < 1.29 is 9.90 Å². The van der Waals surface area contributed by atoms with E-state index < -0.39 is 0 Å². The summed E-state index contributed by atoms with van der Waals surface area (Å²) in [6.45, 7) is 0. The lowest BCUT2D eigenvalue weighted by molar-refractivity contribution is 0.0983. The molecular formula is C17H15N2O2+. The third-order valence-corrected chi connectivity index (χ3v) is 3.13. The average Bonchev–Trinajstić information content (AvgIpc) is 2.56. The van der Waals surface area contributed by atoms with Gasteiger partial charge in [-0.3, -0.25) is 4.79 Å². The Hall–Kier alpha value is -2.93. The van der Waals surface area contributed by atoms with Crippen molar-refractivity contribution in [3.05, 3.63) is 82.5 Å². The maximum Gasteiger partial charge on any atom is 0.403 e. The van der Waals surface area contributed by atoms with Gasteiger partial charge in [0, 0.05) is 17.5 Å². The highest BCUT2D eigenvalue weighted by Crippen LogP contribution is 2.21. The maximum absolute atomic E-state index is 12.0. The smallest absolute Gasteiger partial charge is 0.403 e. The largest absolute Gasteiger partial charge is 0.501 e. The SMILES string of the molecule is N#[N+]/C(CCC(=O)c1ccccc1)=C(/O)c1ccccc1. The number of hydrogen-bond acceptors (Lipinski definition) is 3. The Morgan fingerprint density at radius 3 is 1.95 bits per heavy atom. The molecule has 4 heteroatoms. The second-order valence-electron chi connectivity index (χ2n) is 4.55. The number of aliphatic hydroxyl groups excluding tert-OH is 1. The number of nitrogens with zero attached hydrogens (tertiary/aromatic N) is 2. The first kappa shape index (κ1) is 14.5. The quantitative estimate of drug-likeness (QED) is 0.500. The van der Waals surface area contributed by atoms with Crippen LogP contribution in [-0.2, 0) is 0 Å². The van der Waals surface area contributed by atoms with Gasteiger partial charge in [0.1, 0.15) is 0 Å². The van der Waals surface area contributed by atoms with Gasteiger partial charge in [0.25, 0.3) is 0 Å². The van der Waals surface area contributed by atoms with Crippen molar-refractivity contribution in [2.75, 3.05) is 0 Å². The first-order chi connectivity index (χ1) is 10.2. The molecule has 0 atom stereocenters. The predicted octanol–water partition coefficient (Wildman–Crippen LogP) is 4.43. The van der Waals surface area contributed by atoms with Crippen molar-refractivity contribution in [3.8, 4) is 0 Å². The molecule has 0 radical (unpaired) electrons. The predicted molar refractivity (Wildman–Crippen MR) is 81.1 cm³/mol. The summed E-state index contributed by atoms with van der Waals surface area (Å²) >= 11 is 0. The van der Waals surface area contributed by atoms with Crippen LogP contribution in [0, 0.1) is 5.39 Å². The van der Waals surface area contributed by atoms with Crippen LogP contribution in [0.3, 0.4) is 0 Å². The number of ketones is 1. The Morgan fingerprint density at radius 2 is 1.43 bits per heavy atom. The zero-order valence-electron chi connectivity index (χ0n) is 11.4. The molecule has 0 saturated carbocycles. The lowest BCUT2D eigenvalue weighted by atomic mass is 10.0. The van der Waals surface area contributed by atoms with E-state index in [0.717, 1.165) is 0 Å². The van der Waals surface area contributed by atoms with Gasteiger partial charge < -0.3 is 5.11 Å². The molecule has 0 bridgehead atoms. The number of benzene rings is 2. The Bertz CT molecular complexity index is 686. The van der Waals surface area contributed by atoms with E-state index in [1.165, 1.54) is 0 Å². The zero-order valence-corrected chi connectivity index (χ0v) is 11.4. The van der Waals surface area contributed by atoms with Crippen LogP contribution in [0.5, 0.6) is 0 Å². The van der Waals surface area contributed by atoms with Gasteiger partial charge in [-0.25, -0.2) is 0 Å². The summed E-state index contributed by atoms with van der Waals surface area (Å²) in [6, 6.07) is 17.7. The second-order valence-corrected chi connectivity index (χ2v) is 4.55. The average molecular weight is 279 g/mol. The van der Waals surface area contributed by atoms with Crippen molar-refractivity contribution in [2.45, 2.75) is 12.8 Å². The summed E-state index contributed by atoms with van der Waals surface area (Å²) in [5.74, 6) is -0.170. The molecule has 1 N–H and O–H groups in total. The molecule has 0 aromatic heterocycles. The molecule has 2 aromatic carbocycles. The number of Topliss-reactive ketones (excluding diaryl/α,β-unsaturated/α-hetero) is 1. The topological polar surface area (TPSA) is 65.5 Å². The number of allylic oxidation sites excluding steroid dienone is 1. The summed E-state index contributed by atoms with van der Waals surface area (Å²) in [7, 11) is 0. The van der Waals surface area contributed by atoms with E-state index in [1.807, 2.05) is 12.1 Å². The van der Waals surface area contributed by atoms with Crippen molar-refractivity contribution >= 4 is 11.5 Å². The van der Waals surface area contributed by atoms with Crippen LogP contribution in [0.2, 0.25) is 0 Å². The fraction of sp³-hybridized carbons (Fsp3) is 0.118. The van der Waals surface area contributed by atoms with Crippen LogP contribution in [0.25, 0.3) is 10.7 Å². The molecule has 104 valence electrons. The fourth-order valence-corrected chi connectivity index (χ4v) is 1.98. The summed E-state index contributed by atoms with van der Waals surface area (Å²) in [5, 5.41) is 19.1. The highest BCUT2D eigenvalue weighted by Gasteiger charge is 2.21. The van der Waals surface area contributed by atoms with E-state index in [9.17, 15) is 9.90 Å². The van der Waals surface area contributed by atoms with E-state index in [4.69, 9.17) is 5.39 Å². The van der Waals surface area contributed by atoms with Crippen LogP contribution in [-0.4, -0.2) is 10.9 Å².